The standard InChI is InChI=1S/2C8H11.C3H7.2ClH.Zr/c2*1-6-4-5-7(2)8(6)3;1-3-2;;;/h2*4H2,1-3H3;1,3H2,2H3;2*1H;/q3*-1;;;+3. The smallest absolute Gasteiger partial charge is 0.344 e. The van der Waals surface area contributed by atoms with E-state index in [0.717, 1.165) is 19.3 Å². The van der Waals surface area contributed by atoms with Crippen LogP contribution in [0.5, 0.6) is 0 Å². The van der Waals surface area contributed by atoms with Crippen molar-refractivity contribution in [2.75, 3.05) is 0 Å². The van der Waals surface area contributed by atoms with Gasteiger partial charge in [0.15, 0.2) is 0 Å². The maximum atomic E-state index is 3.49. The molecular weight excluding hydrogens is 390 g/mol. The summed E-state index contributed by atoms with van der Waals surface area (Å²) in [6.45, 7) is 18.4. The maximum Gasteiger partial charge on any atom is 3.00 e. The summed E-state index contributed by atoms with van der Waals surface area (Å²) in [5.41, 5.74) is 8.49. The van der Waals surface area contributed by atoms with E-state index in [-0.39, 0.29) is 51.0 Å². The van der Waals surface area contributed by atoms with Gasteiger partial charge in [-0.3, -0.25) is 12.2 Å². The van der Waals surface area contributed by atoms with Crippen LogP contribution < -0.4 is 0 Å². The van der Waals surface area contributed by atoms with Crippen molar-refractivity contribution in [2.24, 2.45) is 0 Å². The Morgan fingerprint density at radius 2 is 1.00 bits per heavy atom. The Labute approximate surface area is 170 Å². The van der Waals surface area contributed by atoms with Gasteiger partial charge < -0.3 is 6.92 Å². The molecule has 0 heterocycles. The van der Waals surface area contributed by atoms with Crippen molar-refractivity contribution in [3.8, 4) is 0 Å². The van der Waals surface area contributed by atoms with Crippen LogP contribution in [0.3, 0.4) is 0 Å². The number of allylic oxidation sites excluding steroid dienone is 8. The molecule has 0 N–H and O–H groups in total. The SMILES string of the molecule is CC1=[C-]CC(C)=C1C.CC1=[C-]CC(C)=C1C.Cl.Cl.[CH2-]CC.[Zr+3]. The summed E-state index contributed by atoms with van der Waals surface area (Å²) in [5.74, 6) is 0. The van der Waals surface area contributed by atoms with Gasteiger partial charge in [0.1, 0.15) is 0 Å². The van der Waals surface area contributed by atoms with Gasteiger partial charge in [0.25, 0.3) is 0 Å². The van der Waals surface area contributed by atoms with Crippen molar-refractivity contribution in [1.82, 2.24) is 0 Å². The second kappa shape index (κ2) is 16.3. The Kier molecular flexibility index (Phi) is 22.4. The normalized spacial score (nSPS) is 15.1. The van der Waals surface area contributed by atoms with Crippen molar-refractivity contribution in [1.29, 1.82) is 0 Å². The van der Waals surface area contributed by atoms with Crippen LogP contribution in [0.1, 0.15) is 67.7 Å². The maximum absolute atomic E-state index is 3.49. The summed E-state index contributed by atoms with van der Waals surface area (Å²) in [4.78, 5) is 0. The van der Waals surface area contributed by atoms with Gasteiger partial charge >= 0.3 is 26.2 Å². The number of hydrogen-bond acceptors (Lipinski definition) is 0. The molecule has 0 saturated carbocycles. The molecule has 3 heteroatoms. The Hall–Kier alpha value is 0.423. The van der Waals surface area contributed by atoms with Crippen molar-refractivity contribution in [2.45, 2.75) is 67.7 Å². The minimum absolute atomic E-state index is 0. The predicted molar refractivity (Wildman–Crippen MR) is 101 cm³/mol. The first-order chi connectivity index (χ1) is 8.84. The first kappa shape index (κ1) is 30.3. The molecule has 0 aromatic rings. The van der Waals surface area contributed by atoms with Gasteiger partial charge in [-0.2, -0.15) is 28.7 Å². The zero-order chi connectivity index (χ0) is 15.0. The van der Waals surface area contributed by atoms with Crippen LogP contribution in [0.2, 0.25) is 0 Å². The zero-order valence-corrected chi connectivity index (χ0v) is 19.2. The number of halogens is 2. The fourth-order valence-corrected chi connectivity index (χ4v) is 1.70. The van der Waals surface area contributed by atoms with E-state index < -0.39 is 0 Å². The molecule has 22 heavy (non-hydrogen) atoms. The fourth-order valence-electron chi connectivity index (χ4n) is 1.70. The van der Waals surface area contributed by atoms with E-state index in [1.54, 1.807) is 0 Å². The van der Waals surface area contributed by atoms with E-state index >= 15 is 0 Å². The van der Waals surface area contributed by atoms with E-state index in [1.807, 2.05) is 6.92 Å². The summed E-state index contributed by atoms with van der Waals surface area (Å²) in [5, 5.41) is 0. The Balaban J connectivity index is -0.000000112. The van der Waals surface area contributed by atoms with E-state index in [2.05, 4.69) is 60.6 Å². The molecule has 0 atom stereocenters. The molecule has 0 unspecified atom stereocenters. The quantitative estimate of drug-likeness (QED) is 0.369. The molecule has 125 valence electrons. The molecule has 0 spiro atoms. The zero-order valence-electron chi connectivity index (χ0n) is 15.1. The molecule has 0 amide bonds. The van der Waals surface area contributed by atoms with E-state index in [1.165, 1.54) is 33.4 Å². The predicted octanol–water partition coefficient (Wildman–Crippen LogP) is 7.02. The van der Waals surface area contributed by atoms with Crippen LogP contribution in [-0.4, -0.2) is 0 Å². The van der Waals surface area contributed by atoms with Gasteiger partial charge in [-0.05, 0) is 0 Å². The fraction of sp³-hybridized carbons (Fsp3) is 0.526. The molecule has 2 aliphatic rings. The third-order valence-corrected chi connectivity index (χ3v) is 3.64. The molecule has 0 aromatic carbocycles. The van der Waals surface area contributed by atoms with Crippen molar-refractivity contribution >= 4 is 24.8 Å². The van der Waals surface area contributed by atoms with Crippen LogP contribution >= 0.6 is 24.8 Å². The van der Waals surface area contributed by atoms with Gasteiger partial charge in [-0.1, -0.05) is 34.6 Å². The minimum atomic E-state index is 0. The first-order valence-corrected chi connectivity index (χ1v) is 7.12. The Morgan fingerprint density at radius 3 is 1.05 bits per heavy atom. The third-order valence-electron chi connectivity index (χ3n) is 3.64. The molecular formula is C19H31Cl2Zr. The summed E-state index contributed by atoms with van der Waals surface area (Å²) >= 11 is 0. The summed E-state index contributed by atoms with van der Waals surface area (Å²) in [6, 6.07) is 0. The van der Waals surface area contributed by atoms with Crippen LogP contribution in [0.4, 0.5) is 0 Å². The van der Waals surface area contributed by atoms with Gasteiger partial charge in [0.05, 0.1) is 0 Å². The van der Waals surface area contributed by atoms with E-state index in [4.69, 9.17) is 0 Å². The molecule has 0 nitrogen and oxygen atoms in total. The average Bonchev–Trinajstić information content (AvgIpc) is 2.82. The van der Waals surface area contributed by atoms with Crippen molar-refractivity contribution in [3.05, 3.63) is 52.5 Å². The van der Waals surface area contributed by atoms with Gasteiger partial charge in [0, 0.05) is 0 Å². The van der Waals surface area contributed by atoms with Crippen LogP contribution in [-0.2, 0) is 26.2 Å². The molecule has 0 aliphatic heterocycles. The summed E-state index contributed by atoms with van der Waals surface area (Å²) < 4.78 is 0. The van der Waals surface area contributed by atoms with Crippen molar-refractivity contribution < 1.29 is 26.2 Å². The number of hydrogen-bond donors (Lipinski definition) is 0. The van der Waals surface area contributed by atoms with Crippen LogP contribution in [0.15, 0.2) is 33.4 Å². The van der Waals surface area contributed by atoms with Crippen LogP contribution in [0, 0.1) is 19.1 Å². The monoisotopic (exact) mass is 419 g/mol. The molecule has 2 rings (SSSR count). The van der Waals surface area contributed by atoms with E-state index in [9.17, 15) is 0 Å². The second-order valence-electron chi connectivity index (χ2n) is 5.27. The summed E-state index contributed by atoms with van der Waals surface area (Å²) in [7, 11) is 0. The molecule has 0 aromatic heterocycles. The molecule has 2 aliphatic carbocycles. The van der Waals surface area contributed by atoms with Gasteiger partial charge in [-0.15, -0.1) is 51.5 Å². The average molecular weight is 422 g/mol. The molecule has 0 saturated heterocycles. The van der Waals surface area contributed by atoms with Gasteiger partial charge in [-0.25, -0.2) is 11.1 Å². The van der Waals surface area contributed by atoms with Crippen LogP contribution in [0.25, 0.3) is 0 Å². The molecule has 1 radical (unpaired) electrons. The first-order valence-electron chi connectivity index (χ1n) is 7.12. The summed E-state index contributed by atoms with van der Waals surface area (Å²) in [6.07, 6.45) is 9.63. The third kappa shape index (κ3) is 11.0. The Bertz CT molecular complexity index is 376. The topological polar surface area (TPSA) is 0 Å². The molecule has 0 fully saturated rings. The second-order valence-corrected chi connectivity index (χ2v) is 5.27. The number of rotatable bonds is 0. The molecule has 0 bridgehead atoms. The van der Waals surface area contributed by atoms with E-state index in [0.29, 0.717) is 0 Å². The van der Waals surface area contributed by atoms with Crippen molar-refractivity contribution in [3.63, 3.8) is 0 Å². The Morgan fingerprint density at radius 1 is 0.773 bits per heavy atom. The minimum Gasteiger partial charge on any atom is -0.344 e. The largest absolute Gasteiger partial charge is 3.00 e. The van der Waals surface area contributed by atoms with Gasteiger partial charge in [0.2, 0.25) is 0 Å².